The number of halogens is 3. The second-order valence-electron chi connectivity index (χ2n) is 8.08. The Balaban J connectivity index is 1.57. The molecule has 9 heteroatoms. The second-order valence-corrected chi connectivity index (χ2v) is 9.81. The highest BCUT2D eigenvalue weighted by Gasteiger charge is 2.35. The Bertz CT molecular complexity index is 1010. The van der Waals surface area contributed by atoms with Crippen molar-refractivity contribution < 1.29 is 14.3 Å². The molecule has 2 aliphatic heterocycles. The van der Waals surface area contributed by atoms with Gasteiger partial charge in [-0.25, -0.2) is 0 Å². The number of fused-ring (bicyclic) bond motifs is 1. The van der Waals surface area contributed by atoms with Crippen molar-refractivity contribution in [3.63, 3.8) is 0 Å². The van der Waals surface area contributed by atoms with Crippen LogP contribution in [0.3, 0.4) is 0 Å². The summed E-state index contributed by atoms with van der Waals surface area (Å²) in [5, 5.41) is 3.79. The lowest BCUT2D eigenvalue weighted by molar-refractivity contribution is -0.128. The van der Waals surface area contributed by atoms with Crippen molar-refractivity contribution >= 4 is 56.6 Å². The Morgan fingerprint density at radius 2 is 1.81 bits per heavy atom. The van der Waals surface area contributed by atoms with Crippen LogP contribution in [0.1, 0.15) is 31.4 Å². The monoisotopic (exact) mass is 539 g/mol. The third-order valence-electron chi connectivity index (χ3n) is 5.88. The molecule has 0 aromatic heterocycles. The van der Waals surface area contributed by atoms with Gasteiger partial charge in [0.15, 0.2) is 6.61 Å². The van der Waals surface area contributed by atoms with Gasteiger partial charge in [-0.3, -0.25) is 14.5 Å². The molecule has 2 aromatic carbocycles. The lowest BCUT2D eigenvalue weighted by Crippen LogP contribution is -2.52. The number of ether oxygens (including phenoxy) is 1. The zero-order valence-electron chi connectivity index (χ0n) is 17.6. The first-order valence-electron chi connectivity index (χ1n) is 10.6. The van der Waals surface area contributed by atoms with Crippen LogP contribution >= 0.6 is 39.1 Å². The molecule has 2 amide bonds. The van der Waals surface area contributed by atoms with Crippen LogP contribution in [0.25, 0.3) is 0 Å². The number of rotatable bonds is 6. The van der Waals surface area contributed by atoms with Gasteiger partial charge in [-0.2, -0.15) is 0 Å². The lowest BCUT2D eigenvalue weighted by Gasteiger charge is -2.34. The Morgan fingerprint density at radius 3 is 2.50 bits per heavy atom. The van der Waals surface area contributed by atoms with Crippen LogP contribution < -0.4 is 15.0 Å². The van der Waals surface area contributed by atoms with Crippen LogP contribution in [-0.4, -0.2) is 49.0 Å². The van der Waals surface area contributed by atoms with E-state index in [-0.39, 0.29) is 24.5 Å². The molecule has 0 aliphatic carbocycles. The summed E-state index contributed by atoms with van der Waals surface area (Å²) in [7, 11) is 0. The summed E-state index contributed by atoms with van der Waals surface area (Å²) >= 11 is 15.7. The zero-order valence-corrected chi connectivity index (χ0v) is 20.7. The third kappa shape index (κ3) is 5.06. The number of benzene rings is 2. The zero-order chi connectivity index (χ0) is 22.8. The molecule has 0 saturated carbocycles. The Morgan fingerprint density at radius 1 is 1.16 bits per heavy atom. The highest BCUT2D eigenvalue weighted by atomic mass is 79.9. The molecule has 1 N–H and O–H groups in total. The fraction of sp³-hybridized carbons (Fsp3) is 0.391. The van der Waals surface area contributed by atoms with Gasteiger partial charge in [0.05, 0.1) is 21.8 Å². The molecule has 4 rings (SSSR count). The third-order valence-corrected chi connectivity index (χ3v) is 7.13. The van der Waals surface area contributed by atoms with Gasteiger partial charge in [0.1, 0.15) is 11.8 Å². The highest BCUT2D eigenvalue weighted by Crippen LogP contribution is 2.39. The van der Waals surface area contributed by atoms with Gasteiger partial charge >= 0.3 is 0 Å². The summed E-state index contributed by atoms with van der Waals surface area (Å²) in [6.45, 7) is 4.31. The van der Waals surface area contributed by atoms with E-state index in [1.54, 1.807) is 19.1 Å². The summed E-state index contributed by atoms with van der Waals surface area (Å²) in [5.41, 5.74) is 1.46. The van der Waals surface area contributed by atoms with Gasteiger partial charge in [-0.05, 0) is 56.6 Å². The van der Waals surface area contributed by atoms with Gasteiger partial charge < -0.3 is 15.0 Å². The maximum atomic E-state index is 13.3. The van der Waals surface area contributed by atoms with E-state index in [2.05, 4.69) is 26.1 Å². The first-order chi connectivity index (χ1) is 15.3. The van der Waals surface area contributed by atoms with E-state index in [0.29, 0.717) is 21.5 Å². The molecule has 2 atom stereocenters. The number of hydrogen-bond acceptors (Lipinski definition) is 4. The minimum atomic E-state index is -0.751. The number of likely N-dealkylation sites (tertiary alicyclic amines) is 1. The van der Waals surface area contributed by atoms with E-state index in [0.717, 1.165) is 29.7 Å². The molecular weight excluding hydrogens is 517 g/mol. The van der Waals surface area contributed by atoms with Crippen LogP contribution in [0.2, 0.25) is 10.0 Å². The number of carbonyl (C=O) groups excluding carboxylic acids is 2. The summed E-state index contributed by atoms with van der Waals surface area (Å²) in [6, 6.07) is 10.1. The summed E-state index contributed by atoms with van der Waals surface area (Å²) in [4.78, 5) is 29.8. The summed E-state index contributed by atoms with van der Waals surface area (Å²) in [5.74, 6) is -0.122. The van der Waals surface area contributed by atoms with Crippen LogP contribution in [0.5, 0.6) is 5.75 Å². The largest absolute Gasteiger partial charge is 0.482 e. The van der Waals surface area contributed by atoms with Crippen LogP contribution in [0.4, 0.5) is 5.69 Å². The smallest absolute Gasteiger partial charge is 0.265 e. The molecule has 170 valence electrons. The fourth-order valence-corrected chi connectivity index (χ4v) is 4.73. The van der Waals surface area contributed by atoms with Crippen molar-refractivity contribution in [3.8, 4) is 5.75 Å². The van der Waals surface area contributed by atoms with Crippen LogP contribution in [0.15, 0.2) is 40.9 Å². The molecule has 1 fully saturated rings. The highest BCUT2D eigenvalue weighted by molar-refractivity contribution is 9.10. The predicted octanol–water partition coefficient (Wildman–Crippen LogP) is 4.82. The number of nitrogens with zero attached hydrogens (tertiary/aromatic N) is 2. The van der Waals surface area contributed by atoms with Crippen molar-refractivity contribution in [3.05, 3.63) is 56.5 Å². The molecule has 6 nitrogen and oxygen atoms in total. The molecule has 2 aliphatic rings. The number of hydrogen-bond donors (Lipinski definition) is 1. The Kier molecular flexibility index (Phi) is 7.30. The molecule has 0 bridgehead atoms. The van der Waals surface area contributed by atoms with E-state index >= 15 is 0 Å². The predicted molar refractivity (Wildman–Crippen MR) is 130 cm³/mol. The van der Waals surface area contributed by atoms with Crippen molar-refractivity contribution in [1.29, 1.82) is 0 Å². The number of nitrogens with one attached hydrogen (secondary N) is 1. The molecular formula is C23H24BrCl2N3O3. The summed E-state index contributed by atoms with van der Waals surface area (Å²) in [6.07, 6.45) is 2.33. The fourth-order valence-electron chi connectivity index (χ4n) is 4.15. The minimum absolute atomic E-state index is 0.160. The minimum Gasteiger partial charge on any atom is -0.482 e. The van der Waals surface area contributed by atoms with Crippen molar-refractivity contribution in [2.24, 2.45) is 0 Å². The normalized spacial score (nSPS) is 18.1. The van der Waals surface area contributed by atoms with E-state index in [1.807, 2.05) is 24.3 Å². The van der Waals surface area contributed by atoms with Gasteiger partial charge in [0.2, 0.25) is 5.91 Å². The van der Waals surface area contributed by atoms with Gasteiger partial charge in [-0.15, -0.1) is 0 Å². The SMILES string of the molecule is CC(C(=O)NC(CN1CCCC1)c1ccc(Br)cc1)N1C(=O)COc2cc(Cl)c(Cl)cc21. The van der Waals surface area contributed by atoms with E-state index < -0.39 is 6.04 Å². The van der Waals surface area contributed by atoms with Gasteiger partial charge in [0, 0.05) is 17.1 Å². The molecule has 2 aromatic rings. The topological polar surface area (TPSA) is 61.9 Å². The number of anilines is 1. The van der Waals surface area contributed by atoms with Crippen LogP contribution in [-0.2, 0) is 9.59 Å². The molecule has 32 heavy (non-hydrogen) atoms. The first-order valence-corrected chi connectivity index (χ1v) is 12.1. The number of amides is 2. The molecule has 0 spiro atoms. The number of carbonyl (C=O) groups is 2. The van der Waals surface area contributed by atoms with Gasteiger partial charge in [0.25, 0.3) is 5.91 Å². The maximum absolute atomic E-state index is 13.3. The average molecular weight is 541 g/mol. The van der Waals surface area contributed by atoms with Crippen LogP contribution in [0, 0.1) is 0 Å². The molecule has 2 heterocycles. The summed E-state index contributed by atoms with van der Waals surface area (Å²) < 4.78 is 6.48. The first kappa shape index (κ1) is 23.4. The van der Waals surface area contributed by atoms with Crippen molar-refractivity contribution in [1.82, 2.24) is 10.2 Å². The Labute approximate surface area is 205 Å². The quantitative estimate of drug-likeness (QED) is 0.570. The molecule has 0 radical (unpaired) electrons. The van der Waals surface area contributed by atoms with E-state index in [1.165, 1.54) is 17.7 Å². The lowest BCUT2D eigenvalue weighted by atomic mass is 10.1. The van der Waals surface area contributed by atoms with Crippen molar-refractivity contribution in [2.75, 3.05) is 31.1 Å². The average Bonchev–Trinajstić information content (AvgIpc) is 3.28. The standard InChI is InChI=1S/C23H24BrCl2N3O3/c1-14(29-20-10-17(25)18(26)11-21(20)32-13-22(29)30)23(31)27-19(12-28-8-2-3-9-28)15-4-6-16(24)7-5-15/h4-7,10-11,14,19H,2-3,8-9,12-13H2,1H3,(H,27,31). The molecule has 1 saturated heterocycles. The maximum Gasteiger partial charge on any atom is 0.265 e. The van der Waals surface area contributed by atoms with Gasteiger partial charge in [-0.1, -0.05) is 51.3 Å². The molecule has 2 unspecified atom stereocenters. The van der Waals surface area contributed by atoms with E-state index in [4.69, 9.17) is 27.9 Å². The Hall–Kier alpha value is -1.80. The van der Waals surface area contributed by atoms with E-state index in [9.17, 15) is 9.59 Å². The van der Waals surface area contributed by atoms with Crippen molar-refractivity contribution in [2.45, 2.75) is 31.8 Å². The second kappa shape index (κ2) is 10.00.